The van der Waals surface area contributed by atoms with E-state index in [4.69, 9.17) is 16.9 Å². The molecule has 0 bridgehead atoms. The number of phenols is 1. The fraction of sp³-hybridized carbons (Fsp3) is 0.606. The van der Waals surface area contributed by atoms with Gasteiger partial charge in [-0.1, -0.05) is 26.0 Å². The first kappa shape index (κ1) is 38.6. The van der Waals surface area contributed by atoms with Crippen LogP contribution in [0.15, 0.2) is 24.3 Å². The highest BCUT2D eigenvalue weighted by Gasteiger charge is 2.41. The molecular formula is C33H51N9O7. The van der Waals surface area contributed by atoms with Crippen LogP contribution in [0.1, 0.15) is 71.3 Å². The number of guanidine groups is 1. The quantitative estimate of drug-likeness (QED) is 0.0614. The molecule has 270 valence electrons. The lowest BCUT2D eigenvalue weighted by Gasteiger charge is -2.32. The molecule has 2 saturated heterocycles. The van der Waals surface area contributed by atoms with E-state index in [0.717, 1.165) is 0 Å². The molecule has 10 N–H and O–H groups in total. The van der Waals surface area contributed by atoms with Crippen LogP contribution >= 0.6 is 0 Å². The number of hydrogen-bond acceptors (Lipinski definition) is 8. The zero-order valence-corrected chi connectivity index (χ0v) is 28.5. The highest BCUT2D eigenvalue weighted by Crippen LogP contribution is 2.23. The molecule has 2 aliphatic heterocycles. The van der Waals surface area contributed by atoms with Gasteiger partial charge >= 0.3 is 0 Å². The number of rotatable bonds is 16. The predicted octanol–water partition coefficient (Wildman–Crippen LogP) is -0.814. The minimum Gasteiger partial charge on any atom is -0.508 e. The van der Waals surface area contributed by atoms with E-state index in [1.807, 2.05) is 13.8 Å². The average Bonchev–Trinajstić information content (AvgIpc) is 3.72. The summed E-state index contributed by atoms with van der Waals surface area (Å²) < 4.78 is 0. The summed E-state index contributed by atoms with van der Waals surface area (Å²) in [6, 6.07) is 1.54. The van der Waals surface area contributed by atoms with Crippen molar-refractivity contribution in [2.45, 2.75) is 102 Å². The van der Waals surface area contributed by atoms with Gasteiger partial charge in [-0.2, -0.15) is 0 Å². The third kappa shape index (κ3) is 11.4. The van der Waals surface area contributed by atoms with Gasteiger partial charge in [-0.05, 0) is 68.6 Å². The summed E-state index contributed by atoms with van der Waals surface area (Å²) in [5.41, 5.74) is 11.6. The molecule has 6 amide bonds. The van der Waals surface area contributed by atoms with Gasteiger partial charge in [0.25, 0.3) is 0 Å². The van der Waals surface area contributed by atoms with Crippen molar-refractivity contribution in [1.29, 1.82) is 5.41 Å². The molecule has 2 aliphatic rings. The SMILES string of the molecule is CC(=O)N[C@@H](Cc1ccc(O)cc1)C(=O)N[C@@H](CC(C)C)C(=O)N1CCC[C@H]1C(=O)N[C@@H](CCCNC(=N)N)C(=O)N1CCC[C@H]1C(N)=O. The van der Waals surface area contributed by atoms with Crippen LogP contribution in [0.25, 0.3) is 0 Å². The number of benzene rings is 1. The van der Waals surface area contributed by atoms with E-state index < -0.39 is 65.7 Å². The Hall–Kier alpha value is -4.89. The third-order valence-corrected chi connectivity index (χ3v) is 8.69. The summed E-state index contributed by atoms with van der Waals surface area (Å²) in [5, 5.41) is 27.9. The number of nitrogens with one attached hydrogen (secondary N) is 5. The highest BCUT2D eigenvalue weighted by atomic mass is 16.3. The normalized spacial score (nSPS) is 19.1. The summed E-state index contributed by atoms with van der Waals surface area (Å²) >= 11 is 0. The number of likely N-dealkylation sites (tertiary alicyclic amines) is 2. The van der Waals surface area contributed by atoms with Gasteiger partial charge in [0.2, 0.25) is 35.4 Å². The van der Waals surface area contributed by atoms with Crippen molar-refractivity contribution in [3.63, 3.8) is 0 Å². The summed E-state index contributed by atoms with van der Waals surface area (Å²) in [5.74, 6) is -3.23. The molecule has 0 unspecified atom stereocenters. The molecule has 0 aromatic heterocycles. The first-order chi connectivity index (χ1) is 23.2. The van der Waals surface area contributed by atoms with Crippen molar-refractivity contribution in [1.82, 2.24) is 31.1 Å². The van der Waals surface area contributed by atoms with E-state index in [2.05, 4.69) is 21.3 Å². The van der Waals surface area contributed by atoms with Gasteiger partial charge in [0.15, 0.2) is 5.96 Å². The summed E-state index contributed by atoms with van der Waals surface area (Å²) in [6.45, 7) is 5.96. The lowest BCUT2D eigenvalue weighted by Crippen LogP contribution is -2.59. The first-order valence-corrected chi connectivity index (χ1v) is 16.8. The van der Waals surface area contributed by atoms with Gasteiger partial charge in [-0.25, -0.2) is 0 Å². The van der Waals surface area contributed by atoms with Crippen molar-refractivity contribution < 1.29 is 33.9 Å². The second kappa shape index (κ2) is 18.0. The van der Waals surface area contributed by atoms with Crippen molar-refractivity contribution in [3.8, 4) is 5.75 Å². The minimum absolute atomic E-state index is 0.00952. The molecule has 3 rings (SSSR count). The predicted molar refractivity (Wildman–Crippen MR) is 181 cm³/mol. The molecule has 0 saturated carbocycles. The van der Waals surface area contributed by atoms with Gasteiger partial charge in [-0.15, -0.1) is 0 Å². The van der Waals surface area contributed by atoms with Gasteiger partial charge < -0.3 is 47.6 Å². The monoisotopic (exact) mass is 685 g/mol. The largest absolute Gasteiger partial charge is 0.508 e. The zero-order valence-electron chi connectivity index (χ0n) is 28.5. The van der Waals surface area contributed by atoms with Crippen molar-refractivity contribution in [3.05, 3.63) is 29.8 Å². The van der Waals surface area contributed by atoms with Gasteiger partial charge in [0.05, 0.1) is 0 Å². The Bertz CT molecular complexity index is 1370. The molecule has 5 atom stereocenters. The smallest absolute Gasteiger partial charge is 0.245 e. The lowest BCUT2D eigenvalue weighted by atomic mass is 10.00. The highest BCUT2D eigenvalue weighted by molar-refractivity contribution is 5.96. The Labute approximate surface area is 286 Å². The number of nitrogens with two attached hydrogens (primary N) is 2. The van der Waals surface area contributed by atoms with Gasteiger partial charge in [0.1, 0.15) is 36.0 Å². The fourth-order valence-electron chi connectivity index (χ4n) is 6.37. The number of carbonyl (C=O) groups excluding carboxylic acids is 6. The van der Waals surface area contributed by atoms with E-state index >= 15 is 0 Å². The number of nitrogens with zero attached hydrogens (tertiary/aromatic N) is 2. The molecule has 0 radical (unpaired) electrons. The Morgan fingerprint density at radius 2 is 1.47 bits per heavy atom. The maximum absolute atomic E-state index is 14.0. The van der Waals surface area contributed by atoms with Gasteiger partial charge in [0, 0.05) is 33.0 Å². The van der Waals surface area contributed by atoms with E-state index in [0.29, 0.717) is 44.2 Å². The van der Waals surface area contributed by atoms with Crippen LogP contribution in [0, 0.1) is 11.3 Å². The average molecular weight is 686 g/mol. The molecule has 2 heterocycles. The second-order valence-electron chi connectivity index (χ2n) is 13.1. The lowest BCUT2D eigenvalue weighted by molar-refractivity contribution is -0.144. The van der Waals surface area contributed by atoms with Crippen LogP contribution in [-0.2, 0) is 35.2 Å². The molecule has 16 heteroatoms. The molecule has 16 nitrogen and oxygen atoms in total. The van der Waals surface area contributed by atoms with E-state index in [1.165, 1.54) is 28.9 Å². The molecular weight excluding hydrogens is 634 g/mol. The standard InChI is InChI=1S/C33H51N9O7/c1-19(2)17-25(40-29(46)24(38-20(3)43)18-21-10-12-22(44)13-11-21)32(49)42-16-6-9-27(42)30(47)39-23(7-4-14-37-33(35)36)31(48)41-15-5-8-26(41)28(34)45/h10-13,19,23-27,44H,4-9,14-18H2,1-3H3,(H2,34,45)(H,38,43)(H,39,47)(H,40,46)(H4,35,36,37)/t23-,24-,25-,26-,27-/m0/s1. The fourth-order valence-corrected chi connectivity index (χ4v) is 6.37. The van der Waals surface area contributed by atoms with E-state index in [-0.39, 0.29) is 50.0 Å². The third-order valence-electron chi connectivity index (χ3n) is 8.69. The molecule has 0 aliphatic carbocycles. The van der Waals surface area contributed by atoms with Crippen molar-refractivity contribution in [2.24, 2.45) is 17.4 Å². The van der Waals surface area contributed by atoms with Crippen molar-refractivity contribution >= 4 is 41.4 Å². The van der Waals surface area contributed by atoms with Gasteiger partial charge in [-0.3, -0.25) is 34.2 Å². The molecule has 2 fully saturated rings. The number of amides is 6. The Balaban J connectivity index is 1.77. The van der Waals surface area contributed by atoms with Crippen LogP contribution < -0.4 is 32.7 Å². The minimum atomic E-state index is -1.01. The van der Waals surface area contributed by atoms with Crippen LogP contribution in [-0.4, -0.2) is 106 Å². The number of aromatic hydroxyl groups is 1. The van der Waals surface area contributed by atoms with E-state index in [9.17, 15) is 33.9 Å². The van der Waals surface area contributed by atoms with Crippen LogP contribution in [0.5, 0.6) is 5.75 Å². The summed E-state index contributed by atoms with van der Waals surface area (Å²) in [7, 11) is 0. The first-order valence-electron chi connectivity index (χ1n) is 16.8. The molecule has 1 aromatic rings. The summed E-state index contributed by atoms with van der Waals surface area (Å²) in [6.07, 6.45) is 2.85. The van der Waals surface area contributed by atoms with Crippen molar-refractivity contribution in [2.75, 3.05) is 19.6 Å². The number of carbonyl (C=O) groups is 6. The maximum Gasteiger partial charge on any atom is 0.245 e. The van der Waals surface area contributed by atoms with E-state index in [1.54, 1.807) is 12.1 Å². The Morgan fingerprint density at radius 3 is 2.04 bits per heavy atom. The van der Waals surface area contributed by atoms with Crippen LogP contribution in [0.2, 0.25) is 0 Å². The number of hydrogen-bond donors (Lipinski definition) is 8. The van der Waals surface area contributed by atoms with Crippen LogP contribution in [0.3, 0.4) is 0 Å². The number of phenolic OH excluding ortho intramolecular Hbond substituents is 1. The zero-order chi connectivity index (χ0) is 36.2. The molecule has 49 heavy (non-hydrogen) atoms. The topological polar surface area (TPSA) is 253 Å². The summed E-state index contributed by atoms with van der Waals surface area (Å²) in [4.78, 5) is 81.8. The van der Waals surface area contributed by atoms with Crippen LogP contribution in [0.4, 0.5) is 0 Å². The Morgan fingerprint density at radius 1 is 0.878 bits per heavy atom. The maximum atomic E-state index is 14.0. The number of primary amides is 1. The second-order valence-corrected chi connectivity index (χ2v) is 13.1. The molecule has 1 aromatic carbocycles. The Kier molecular flexibility index (Phi) is 14.2. The molecule has 0 spiro atoms.